The van der Waals surface area contributed by atoms with Crippen molar-refractivity contribution in [3.05, 3.63) is 39.8 Å². The average Bonchev–Trinajstić information content (AvgIpc) is 2.99. The molecule has 5 heteroatoms. The number of nitrogens with one attached hydrogen (secondary N) is 2. The zero-order valence-corrected chi connectivity index (χ0v) is 12.0. The molecular formula is C14H14BrN3O. The summed E-state index contributed by atoms with van der Waals surface area (Å²) in [5.41, 5.74) is 4.88. The predicted molar refractivity (Wildman–Crippen MR) is 76.1 cm³/mol. The lowest BCUT2D eigenvalue weighted by atomic mass is 10.1. The molecule has 1 aromatic carbocycles. The van der Waals surface area contributed by atoms with Crippen molar-refractivity contribution in [2.75, 3.05) is 19.8 Å². The highest BCUT2D eigenvalue weighted by Gasteiger charge is 2.27. The molecule has 0 spiro atoms. The quantitative estimate of drug-likeness (QED) is 0.724. The van der Waals surface area contributed by atoms with E-state index in [2.05, 4.69) is 44.4 Å². The van der Waals surface area contributed by atoms with E-state index in [1.54, 1.807) is 0 Å². The minimum atomic E-state index is 0.190. The number of hydrogen-bond acceptors (Lipinski definition) is 3. The van der Waals surface area contributed by atoms with Crippen LogP contribution in [0.2, 0.25) is 0 Å². The molecule has 1 unspecified atom stereocenters. The Hall–Kier alpha value is -1.17. The Balaban J connectivity index is 1.73. The Morgan fingerprint density at radius 2 is 2.32 bits per heavy atom. The summed E-state index contributed by atoms with van der Waals surface area (Å²) < 4.78 is 6.66. The van der Waals surface area contributed by atoms with Crippen molar-refractivity contribution in [1.29, 1.82) is 0 Å². The largest absolute Gasteiger partial charge is 0.378 e. The van der Waals surface area contributed by atoms with Crippen molar-refractivity contribution < 1.29 is 4.74 Å². The lowest BCUT2D eigenvalue weighted by Gasteiger charge is -2.22. The van der Waals surface area contributed by atoms with E-state index in [0.717, 1.165) is 35.6 Å². The molecule has 0 radical (unpaired) electrons. The van der Waals surface area contributed by atoms with Crippen LogP contribution < -0.4 is 5.32 Å². The minimum Gasteiger partial charge on any atom is -0.378 e. The Morgan fingerprint density at radius 3 is 3.16 bits per heavy atom. The maximum absolute atomic E-state index is 5.50. The zero-order chi connectivity index (χ0) is 12.8. The van der Waals surface area contributed by atoms with Crippen LogP contribution in [-0.2, 0) is 11.2 Å². The fourth-order valence-corrected chi connectivity index (χ4v) is 3.33. The van der Waals surface area contributed by atoms with Gasteiger partial charge in [-0.2, -0.15) is 0 Å². The van der Waals surface area contributed by atoms with Crippen LogP contribution in [0.5, 0.6) is 0 Å². The monoisotopic (exact) mass is 319 g/mol. The second kappa shape index (κ2) is 4.44. The van der Waals surface area contributed by atoms with Gasteiger partial charge in [0, 0.05) is 28.7 Å². The molecule has 2 N–H and O–H groups in total. The van der Waals surface area contributed by atoms with E-state index in [9.17, 15) is 0 Å². The third-order valence-corrected chi connectivity index (χ3v) is 4.52. The first-order valence-corrected chi connectivity index (χ1v) is 7.30. The van der Waals surface area contributed by atoms with Crippen LogP contribution >= 0.6 is 15.9 Å². The van der Waals surface area contributed by atoms with E-state index in [1.165, 1.54) is 16.8 Å². The summed E-state index contributed by atoms with van der Waals surface area (Å²) in [6.45, 7) is 2.36. The highest BCUT2D eigenvalue weighted by molar-refractivity contribution is 9.10. The van der Waals surface area contributed by atoms with Crippen LogP contribution in [-0.4, -0.2) is 29.7 Å². The molecule has 0 amide bonds. The molecule has 1 aromatic heterocycles. The summed E-state index contributed by atoms with van der Waals surface area (Å²) in [6, 6.07) is 6.48. The number of rotatable bonds is 1. The SMILES string of the molecule is Brc1cccc2c1Cc1[nH]c(C3COCCN3)nc1-2. The maximum Gasteiger partial charge on any atom is 0.126 e. The maximum atomic E-state index is 5.50. The van der Waals surface area contributed by atoms with Gasteiger partial charge in [-0.15, -0.1) is 0 Å². The number of H-pyrrole nitrogens is 1. The lowest BCUT2D eigenvalue weighted by Crippen LogP contribution is -2.35. The Bertz CT molecular complexity index is 632. The van der Waals surface area contributed by atoms with Crippen molar-refractivity contribution in [2.24, 2.45) is 0 Å². The summed E-state index contributed by atoms with van der Waals surface area (Å²) in [4.78, 5) is 8.24. The van der Waals surface area contributed by atoms with Crippen molar-refractivity contribution in [2.45, 2.75) is 12.5 Å². The van der Waals surface area contributed by atoms with Crippen molar-refractivity contribution in [1.82, 2.24) is 15.3 Å². The Kier molecular flexibility index (Phi) is 2.72. The van der Waals surface area contributed by atoms with Gasteiger partial charge in [0.1, 0.15) is 5.82 Å². The molecule has 98 valence electrons. The molecular weight excluding hydrogens is 306 g/mol. The van der Waals surface area contributed by atoms with Gasteiger partial charge in [0.15, 0.2) is 0 Å². The molecule has 1 atom stereocenters. The van der Waals surface area contributed by atoms with E-state index < -0.39 is 0 Å². The molecule has 0 saturated carbocycles. The van der Waals surface area contributed by atoms with Crippen LogP contribution in [0.15, 0.2) is 22.7 Å². The first-order valence-electron chi connectivity index (χ1n) is 6.50. The third-order valence-electron chi connectivity index (χ3n) is 3.78. The number of fused-ring (bicyclic) bond motifs is 3. The van der Waals surface area contributed by atoms with E-state index in [1.807, 2.05) is 0 Å². The number of nitrogens with zero attached hydrogens (tertiary/aromatic N) is 1. The number of morpholine rings is 1. The van der Waals surface area contributed by atoms with Crippen LogP contribution in [0.4, 0.5) is 0 Å². The molecule has 4 nitrogen and oxygen atoms in total. The van der Waals surface area contributed by atoms with Gasteiger partial charge in [0.05, 0.1) is 24.9 Å². The summed E-state index contributed by atoms with van der Waals surface area (Å²) in [5, 5.41) is 3.43. The molecule has 2 aromatic rings. The number of aromatic nitrogens is 2. The molecule has 2 aliphatic rings. The third kappa shape index (κ3) is 1.84. The summed E-state index contributed by atoms with van der Waals surface area (Å²) in [7, 11) is 0. The van der Waals surface area contributed by atoms with E-state index >= 15 is 0 Å². The van der Waals surface area contributed by atoms with Gasteiger partial charge >= 0.3 is 0 Å². The van der Waals surface area contributed by atoms with Gasteiger partial charge in [-0.3, -0.25) is 0 Å². The highest BCUT2D eigenvalue weighted by Crippen LogP contribution is 2.39. The summed E-state index contributed by atoms with van der Waals surface area (Å²) in [5.74, 6) is 0.996. The molecule has 19 heavy (non-hydrogen) atoms. The number of ether oxygens (including phenoxy) is 1. The molecule has 0 bridgehead atoms. The average molecular weight is 320 g/mol. The normalized spacial score (nSPS) is 21.2. The Morgan fingerprint density at radius 1 is 1.37 bits per heavy atom. The molecule has 4 rings (SSSR count). The smallest absolute Gasteiger partial charge is 0.126 e. The van der Waals surface area contributed by atoms with E-state index in [-0.39, 0.29) is 6.04 Å². The van der Waals surface area contributed by atoms with Gasteiger partial charge in [-0.05, 0) is 11.6 Å². The predicted octanol–water partition coefficient (Wildman–Crippen LogP) is 2.40. The van der Waals surface area contributed by atoms with Crippen LogP contribution in [0.3, 0.4) is 0 Å². The summed E-state index contributed by atoms with van der Waals surface area (Å²) >= 11 is 3.61. The number of halogens is 1. The summed E-state index contributed by atoms with van der Waals surface area (Å²) in [6.07, 6.45) is 0.923. The molecule has 1 aliphatic carbocycles. The van der Waals surface area contributed by atoms with Gasteiger partial charge in [0.2, 0.25) is 0 Å². The van der Waals surface area contributed by atoms with Gasteiger partial charge < -0.3 is 15.0 Å². The van der Waals surface area contributed by atoms with Gasteiger partial charge in [-0.1, -0.05) is 28.1 Å². The number of aromatic amines is 1. The first kappa shape index (κ1) is 11.6. The second-order valence-corrected chi connectivity index (χ2v) is 5.83. The fraction of sp³-hybridized carbons (Fsp3) is 0.357. The number of hydrogen-bond donors (Lipinski definition) is 2. The standard InChI is InChI=1S/C14H14BrN3O/c15-10-3-1-2-8-9(10)6-11-13(8)18-14(17-11)12-7-19-5-4-16-12/h1-3,12,16H,4-7H2,(H,17,18). The molecule has 1 saturated heterocycles. The molecule has 2 heterocycles. The van der Waals surface area contributed by atoms with E-state index in [4.69, 9.17) is 9.72 Å². The number of imidazole rings is 1. The van der Waals surface area contributed by atoms with E-state index in [0.29, 0.717) is 6.61 Å². The van der Waals surface area contributed by atoms with Crippen LogP contribution in [0, 0.1) is 0 Å². The highest BCUT2D eigenvalue weighted by atomic mass is 79.9. The topological polar surface area (TPSA) is 49.9 Å². The number of benzene rings is 1. The molecule has 1 fully saturated rings. The first-order chi connectivity index (χ1) is 9.33. The van der Waals surface area contributed by atoms with Crippen LogP contribution in [0.1, 0.15) is 23.1 Å². The van der Waals surface area contributed by atoms with Crippen LogP contribution in [0.25, 0.3) is 11.3 Å². The van der Waals surface area contributed by atoms with Crippen molar-refractivity contribution >= 4 is 15.9 Å². The second-order valence-electron chi connectivity index (χ2n) is 4.97. The van der Waals surface area contributed by atoms with Gasteiger partial charge in [-0.25, -0.2) is 4.98 Å². The Labute approximate surface area is 119 Å². The molecule has 1 aliphatic heterocycles. The minimum absolute atomic E-state index is 0.190. The van der Waals surface area contributed by atoms with Crippen molar-refractivity contribution in [3.8, 4) is 11.3 Å². The lowest BCUT2D eigenvalue weighted by molar-refractivity contribution is 0.0745. The van der Waals surface area contributed by atoms with Crippen molar-refractivity contribution in [3.63, 3.8) is 0 Å². The fourth-order valence-electron chi connectivity index (χ4n) is 2.82. The zero-order valence-electron chi connectivity index (χ0n) is 10.4. The van der Waals surface area contributed by atoms with Gasteiger partial charge in [0.25, 0.3) is 0 Å².